The molecule has 2 rings (SSSR count). The minimum absolute atomic E-state index is 0.0677. The third kappa shape index (κ3) is 7.62. The number of hydrogen-bond donors (Lipinski definition) is 0. The molecule has 0 bridgehead atoms. The summed E-state index contributed by atoms with van der Waals surface area (Å²) in [6.07, 6.45) is 0.147. The number of fused-ring (bicyclic) bond motifs is 1. The molecule has 31 heavy (non-hydrogen) atoms. The summed E-state index contributed by atoms with van der Waals surface area (Å²) < 4.78 is 24.2. The molecule has 1 aliphatic heterocycles. The molecule has 0 aromatic heterocycles. The van der Waals surface area contributed by atoms with Gasteiger partial charge in [-0.25, -0.2) is 13.4 Å². The van der Waals surface area contributed by atoms with E-state index in [1.54, 1.807) is 24.2 Å². The Bertz CT molecular complexity index is 800. The van der Waals surface area contributed by atoms with E-state index in [-0.39, 0.29) is 44.3 Å². The van der Waals surface area contributed by atoms with E-state index >= 15 is 0 Å². The van der Waals surface area contributed by atoms with Crippen LogP contribution in [0.1, 0.15) is 39.7 Å². The number of amides is 1. The highest BCUT2D eigenvalue weighted by Gasteiger charge is 2.33. The van der Waals surface area contributed by atoms with Crippen molar-refractivity contribution in [1.29, 1.82) is 0 Å². The Hall–Kier alpha value is -2.46. The first-order valence-electron chi connectivity index (χ1n) is 10.2. The van der Waals surface area contributed by atoms with Crippen LogP contribution in [-0.2, 0) is 25.5 Å². The molecule has 1 aromatic rings. The first kappa shape index (κ1) is 24.8. The van der Waals surface area contributed by atoms with Crippen LogP contribution in [0.4, 0.5) is 4.79 Å². The Kier molecular flexibility index (Phi) is 9.00. The van der Waals surface area contributed by atoms with Gasteiger partial charge in [-0.15, -0.1) is 0 Å². The molecular formula is C21H30N2O7S. The molecule has 10 heteroatoms. The van der Waals surface area contributed by atoms with Gasteiger partial charge in [-0.1, -0.05) is 12.1 Å². The fourth-order valence-corrected chi connectivity index (χ4v) is 3.77. The van der Waals surface area contributed by atoms with Gasteiger partial charge in [0.2, 0.25) is 0 Å². The second-order valence-electron chi connectivity index (χ2n) is 7.45. The van der Waals surface area contributed by atoms with Gasteiger partial charge in [0.1, 0.15) is 12.1 Å². The standard InChI is InChI=1S/C21H30N2O7S/c1-6-27-17(24)11-12-23(14-18(25)28-7-2)31-22(5)20(26)29-16-10-8-9-15-13-21(3,4)30-19(15)16/h8-10H,6-7,11-14H2,1-5H3. The van der Waals surface area contributed by atoms with E-state index in [1.165, 1.54) is 11.4 Å². The summed E-state index contributed by atoms with van der Waals surface area (Å²) in [7, 11) is 1.52. The number of benzene rings is 1. The maximum absolute atomic E-state index is 12.7. The fourth-order valence-electron chi connectivity index (χ4n) is 2.98. The lowest BCUT2D eigenvalue weighted by molar-refractivity contribution is -0.145. The Labute approximate surface area is 187 Å². The third-order valence-corrected chi connectivity index (χ3v) is 5.17. The molecule has 0 unspecified atom stereocenters. The molecular weight excluding hydrogens is 424 g/mol. The number of nitrogens with zero attached hydrogens (tertiary/aromatic N) is 2. The summed E-state index contributed by atoms with van der Waals surface area (Å²) in [5.74, 6) is 0.0490. The van der Waals surface area contributed by atoms with Crippen LogP contribution >= 0.6 is 12.1 Å². The van der Waals surface area contributed by atoms with E-state index in [0.717, 1.165) is 24.1 Å². The molecule has 0 radical (unpaired) electrons. The molecule has 0 N–H and O–H groups in total. The normalized spacial score (nSPS) is 13.9. The molecule has 1 amide bonds. The summed E-state index contributed by atoms with van der Waals surface area (Å²) in [4.78, 5) is 36.3. The average Bonchev–Trinajstić information content (AvgIpc) is 3.01. The van der Waals surface area contributed by atoms with E-state index < -0.39 is 12.1 Å². The van der Waals surface area contributed by atoms with E-state index in [4.69, 9.17) is 18.9 Å². The highest BCUT2D eigenvalue weighted by Crippen LogP contribution is 2.42. The lowest BCUT2D eigenvalue weighted by atomic mass is 10.0. The second kappa shape index (κ2) is 11.2. The van der Waals surface area contributed by atoms with E-state index in [9.17, 15) is 14.4 Å². The van der Waals surface area contributed by atoms with Gasteiger partial charge in [-0.05, 0) is 33.8 Å². The number of hydrogen-bond acceptors (Lipinski definition) is 9. The smallest absolute Gasteiger partial charge is 0.426 e. The van der Waals surface area contributed by atoms with Crippen LogP contribution in [0.2, 0.25) is 0 Å². The van der Waals surface area contributed by atoms with Crippen molar-refractivity contribution in [1.82, 2.24) is 8.61 Å². The lowest BCUT2D eigenvalue weighted by Crippen LogP contribution is -2.34. The Morgan fingerprint density at radius 1 is 1.13 bits per heavy atom. The maximum atomic E-state index is 12.7. The second-order valence-corrected chi connectivity index (χ2v) is 8.68. The number of carbonyl (C=O) groups excluding carboxylic acids is 3. The summed E-state index contributed by atoms with van der Waals surface area (Å²) in [5.41, 5.74) is 0.610. The van der Waals surface area contributed by atoms with Gasteiger partial charge in [0, 0.05) is 37.7 Å². The molecule has 0 saturated carbocycles. The lowest BCUT2D eigenvalue weighted by Gasteiger charge is -2.25. The molecule has 0 spiro atoms. The van der Waals surface area contributed by atoms with Gasteiger partial charge in [0.15, 0.2) is 11.5 Å². The Balaban J connectivity index is 2.01. The number of carbonyl (C=O) groups is 3. The van der Waals surface area contributed by atoms with Crippen molar-refractivity contribution in [2.75, 3.05) is 33.4 Å². The predicted octanol–water partition coefficient (Wildman–Crippen LogP) is 3.21. The van der Waals surface area contributed by atoms with Crippen LogP contribution in [-0.4, -0.2) is 65.6 Å². The third-order valence-electron chi connectivity index (χ3n) is 4.23. The van der Waals surface area contributed by atoms with E-state index in [0.29, 0.717) is 11.5 Å². The van der Waals surface area contributed by atoms with Crippen molar-refractivity contribution in [2.24, 2.45) is 0 Å². The number of ether oxygens (including phenoxy) is 4. The van der Waals surface area contributed by atoms with Gasteiger partial charge < -0.3 is 18.9 Å². The molecule has 1 aromatic carbocycles. The summed E-state index contributed by atoms with van der Waals surface area (Å²) in [6, 6.07) is 5.43. The van der Waals surface area contributed by atoms with Crippen LogP contribution in [0.15, 0.2) is 18.2 Å². The van der Waals surface area contributed by atoms with Crippen LogP contribution in [0.3, 0.4) is 0 Å². The van der Waals surface area contributed by atoms with E-state index in [2.05, 4.69) is 0 Å². The van der Waals surface area contributed by atoms with Crippen molar-refractivity contribution < 1.29 is 33.3 Å². The molecule has 0 fully saturated rings. The number of esters is 2. The SMILES string of the molecule is CCOC(=O)CCN(CC(=O)OCC)SN(C)C(=O)Oc1cccc2c1OC(C)(C)C2. The summed E-state index contributed by atoms with van der Waals surface area (Å²) >= 11 is 0.962. The molecule has 1 heterocycles. The molecule has 1 aliphatic rings. The molecule has 172 valence electrons. The van der Waals surface area contributed by atoms with Crippen LogP contribution in [0, 0.1) is 0 Å². The quantitative estimate of drug-likeness (QED) is 0.390. The first-order chi connectivity index (χ1) is 14.6. The van der Waals surface area contributed by atoms with Crippen LogP contribution in [0.5, 0.6) is 11.5 Å². The molecule has 9 nitrogen and oxygen atoms in total. The van der Waals surface area contributed by atoms with Crippen LogP contribution in [0.25, 0.3) is 0 Å². The Morgan fingerprint density at radius 2 is 1.81 bits per heavy atom. The van der Waals surface area contributed by atoms with Crippen molar-refractivity contribution in [3.05, 3.63) is 23.8 Å². The van der Waals surface area contributed by atoms with E-state index in [1.807, 2.05) is 26.0 Å². The first-order valence-corrected chi connectivity index (χ1v) is 10.9. The van der Waals surface area contributed by atoms with Crippen molar-refractivity contribution in [3.63, 3.8) is 0 Å². The van der Waals surface area contributed by atoms with Gasteiger partial charge in [0.05, 0.1) is 19.6 Å². The van der Waals surface area contributed by atoms with Crippen LogP contribution < -0.4 is 9.47 Å². The highest BCUT2D eigenvalue weighted by atomic mass is 32.2. The average molecular weight is 455 g/mol. The summed E-state index contributed by atoms with van der Waals surface area (Å²) in [6.45, 7) is 7.97. The summed E-state index contributed by atoms with van der Waals surface area (Å²) in [5, 5.41) is 0. The van der Waals surface area contributed by atoms with Crippen molar-refractivity contribution in [2.45, 2.75) is 46.1 Å². The zero-order valence-corrected chi connectivity index (χ0v) is 19.5. The topological polar surface area (TPSA) is 94.6 Å². The van der Waals surface area contributed by atoms with Crippen molar-refractivity contribution >= 4 is 30.2 Å². The number of rotatable bonds is 10. The zero-order valence-electron chi connectivity index (χ0n) is 18.6. The van der Waals surface area contributed by atoms with Gasteiger partial charge in [-0.3, -0.25) is 9.59 Å². The van der Waals surface area contributed by atoms with Gasteiger partial charge in [-0.2, -0.15) is 0 Å². The minimum atomic E-state index is -0.642. The molecule has 0 atom stereocenters. The molecule has 0 aliphatic carbocycles. The van der Waals surface area contributed by atoms with Crippen molar-refractivity contribution in [3.8, 4) is 11.5 Å². The molecule has 0 saturated heterocycles. The maximum Gasteiger partial charge on any atom is 0.426 e. The number of para-hydroxylation sites is 1. The fraction of sp³-hybridized carbons (Fsp3) is 0.571. The van der Waals surface area contributed by atoms with Gasteiger partial charge >= 0.3 is 18.0 Å². The monoisotopic (exact) mass is 454 g/mol. The predicted molar refractivity (Wildman–Crippen MR) is 116 cm³/mol. The largest absolute Gasteiger partial charge is 0.483 e. The zero-order chi connectivity index (χ0) is 23.0. The van der Waals surface area contributed by atoms with Gasteiger partial charge in [0.25, 0.3) is 0 Å². The Morgan fingerprint density at radius 3 is 2.48 bits per heavy atom. The minimum Gasteiger partial charge on any atom is -0.483 e. The highest BCUT2D eigenvalue weighted by molar-refractivity contribution is 7.95.